The van der Waals surface area contributed by atoms with E-state index < -0.39 is 11.9 Å². The van der Waals surface area contributed by atoms with Gasteiger partial charge >= 0.3 is 5.97 Å². The Bertz CT molecular complexity index is 521. The first-order valence-electron chi connectivity index (χ1n) is 7.77. The summed E-state index contributed by atoms with van der Waals surface area (Å²) in [6.45, 7) is 5.34. The second kappa shape index (κ2) is 10.2. The third-order valence-corrected chi connectivity index (χ3v) is 3.86. The van der Waals surface area contributed by atoms with Crippen LogP contribution in [0.4, 0.5) is 0 Å². The van der Waals surface area contributed by atoms with E-state index >= 15 is 0 Å². The minimum absolute atomic E-state index is 0.123. The van der Waals surface area contributed by atoms with Crippen molar-refractivity contribution in [1.29, 1.82) is 0 Å². The van der Waals surface area contributed by atoms with Crippen molar-refractivity contribution in [1.82, 2.24) is 4.90 Å². The van der Waals surface area contributed by atoms with Gasteiger partial charge in [-0.3, -0.25) is 9.59 Å². The topological polar surface area (TPSA) is 66.8 Å². The highest BCUT2D eigenvalue weighted by Gasteiger charge is 2.21. The standard InChI is InChI=1S/C17H24ClNO4/c1-3-23-10-6-9-19(12-13(2)17(21)22)16(20)11-14-7-4-5-8-15(14)18/h4-5,7-8,13H,3,6,9-12H2,1-2H3,(H,21,22). The quantitative estimate of drug-likeness (QED) is 0.664. The van der Waals surface area contributed by atoms with Crippen LogP contribution >= 0.6 is 11.6 Å². The van der Waals surface area contributed by atoms with Crippen molar-refractivity contribution in [3.63, 3.8) is 0 Å². The number of amides is 1. The lowest BCUT2D eigenvalue weighted by Crippen LogP contribution is -2.39. The fraction of sp³-hybridized carbons (Fsp3) is 0.529. The zero-order valence-corrected chi connectivity index (χ0v) is 14.4. The number of carbonyl (C=O) groups excluding carboxylic acids is 1. The number of halogens is 1. The molecule has 0 saturated carbocycles. The number of carboxylic acids is 1. The van der Waals surface area contributed by atoms with Gasteiger partial charge in [0.2, 0.25) is 5.91 Å². The minimum Gasteiger partial charge on any atom is -0.481 e. The van der Waals surface area contributed by atoms with E-state index in [1.807, 2.05) is 19.1 Å². The van der Waals surface area contributed by atoms with Gasteiger partial charge in [-0.25, -0.2) is 0 Å². The van der Waals surface area contributed by atoms with Gasteiger partial charge < -0.3 is 14.7 Å². The normalized spacial score (nSPS) is 12.0. The summed E-state index contributed by atoms with van der Waals surface area (Å²) >= 11 is 6.09. The fourth-order valence-corrected chi connectivity index (χ4v) is 2.35. The molecule has 0 bridgehead atoms. The van der Waals surface area contributed by atoms with Crippen molar-refractivity contribution in [3.8, 4) is 0 Å². The molecule has 1 unspecified atom stereocenters. The summed E-state index contributed by atoms with van der Waals surface area (Å²) < 4.78 is 5.28. The Morgan fingerprint density at radius 3 is 2.65 bits per heavy atom. The first kappa shape index (κ1) is 19.5. The van der Waals surface area contributed by atoms with E-state index in [9.17, 15) is 9.59 Å². The number of nitrogens with zero attached hydrogens (tertiary/aromatic N) is 1. The highest BCUT2D eigenvalue weighted by Crippen LogP contribution is 2.17. The van der Waals surface area contributed by atoms with Crippen LogP contribution in [0.2, 0.25) is 5.02 Å². The number of hydrogen-bond donors (Lipinski definition) is 1. The first-order chi connectivity index (χ1) is 11.0. The van der Waals surface area contributed by atoms with Gasteiger partial charge in [-0.1, -0.05) is 36.7 Å². The molecule has 6 heteroatoms. The van der Waals surface area contributed by atoms with Crippen molar-refractivity contribution < 1.29 is 19.4 Å². The van der Waals surface area contributed by atoms with Gasteiger partial charge in [0.1, 0.15) is 0 Å². The summed E-state index contributed by atoms with van der Waals surface area (Å²) in [5.74, 6) is -1.65. The predicted octanol–water partition coefficient (Wildman–Crippen LogP) is 2.86. The number of hydrogen-bond acceptors (Lipinski definition) is 3. The maximum Gasteiger partial charge on any atom is 0.308 e. The van der Waals surface area contributed by atoms with Gasteiger partial charge in [0.15, 0.2) is 0 Å². The SMILES string of the molecule is CCOCCCN(CC(C)C(=O)O)C(=O)Cc1ccccc1Cl. The van der Waals surface area contributed by atoms with E-state index in [1.165, 1.54) is 0 Å². The molecular formula is C17H24ClNO4. The molecule has 0 heterocycles. The van der Waals surface area contributed by atoms with Gasteiger partial charge in [0.05, 0.1) is 12.3 Å². The maximum atomic E-state index is 12.5. The summed E-state index contributed by atoms with van der Waals surface area (Å²) in [5, 5.41) is 9.62. The van der Waals surface area contributed by atoms with Gasteiger partial charge in [-0.2, -0.15) is 0 Å². The van der Waals surface area contributed by atoms with Crippen LogP contribution < -0.4 is 0 Å². The van der Waals surface area contributed by atoms with E-state index in [0.717, 1.165) is 5.56 Å². The van der Waals surface area contributed by atoms with E-state index in [2.05, 4.69) is 0 Å². The summed E-state index contributed by atoms with van der Waals surface area (Å²) in [6, 6.07) is 7.18. The summed E-state index contributed by atoms with van der Waals surface area (Å²) in [6.07, 6.45) is 0.842. The monoisotopic (exact) mass is 341 g/mol. The van der Waals surface area contributed by atoms with Gasteiger partial charge in [0.25, 0.3) is 0 Å². The smallest absolute Gasteiger partial charge is 0.308 e. The average Bonchev–Trinajstić information content (AvgIpc) is 2.52. The lowest BCUT2D eigenvalue weighted by Gasteiger charge is -2.25. The Labute approximate surface area is 142 Å². The number of aliphatic carboxylic acids is 1. The molecule has 1 rings (SSSR count). The molecule has 0 saturated heterocycles. The van der Waals surface area contributed by atoms with Crippen molar-refractivity contribution in [3.05, 3.63) is 34.9 Å². The van der Waals surface area contributed by atoms with E-state index in [4.69, 9.17) is 21.4 Å². The lowest BCUT2D eigenvalue weighted by molar-refractivity contribution is -0.143. The molecule has 23 heavy (non-hydrogen) atoms. The maximum absolute atomic E-state index is 12.5. The van der Waals surface area contributed by atoms with E-state index in [1.54, 1.807) is 24.0 Å². The Hall–Kier alpha value is -1.59. The molecule has 0 fully saturated rings. The van der Waals surface area contributed by atoms with Crippen LogP contribution in [-0.4, -0.2) is 48.2 Å². The molecule has 0 aliphatic heterocycles. The van der Waals surface area contributed by atoms with Crippen LogP contribution in [0.5, 0.6) is 0 Å². The third-order valence-electron chi connectivity index (χ3n) is 3.49. The zero-order chi connectivity index (χ0) is 17.2. The number of rotatable bonds is 10. The average molecular weight is 342 g/mol. The molecule has 128 valence electrons. The number of carbonyl (C=O) groups is 2. The van der Waals surface area contributed by atoms with Crippen LogP contribution in [0.15, 0.2) is 24.3 Å². The predicted molar refractivity (Wildman–Crippen MR) is 89.6 cm³/mol. The van der Waals surface area contributed by atoms with Crippen molar-refractivity contribution in [2.75, 3.05) is 26.3 Å². The molecule has 1 aromatic rings. The van der Waals surface area contributed by atoms with Crippen molar-refractivity contribution in [2.45, 2.75) is 26.7 Å². The van der Waals surface area contributed by atoms with Crippen molar-refractivity contribution in [2.24, 2.45) is 5.92 Å². The van der Waals surface area contributed by atoms with Crippen LogP contribution in [-0.2, 0) is 20.7 Å². The molecule has 0 radical (unpaired) electrons. The zero-order valence-electron chi connectivity index (χ0n) is 13.6. The molecule has 0 aliphatic carbocycles. The Morgan fingerprint density at radius 1 is 1.35 bits per heavy atom. The van der Waals surface area contributed by atoms with Crippen LogP contribution in [0.1, 0.15) is 25.8 Å². The van der Waals surface area contributed by atoms with Gasteiger partial charge in [-0.15, -0.1) is 0 Å². The van der Waals surface area contributed by atoms with Gasteiger partial charge in [0, 0.05) is 31.3 Å². The Balaban J connectivity index is 2.70. The number of carboxylic acid groups (broad SMARTS) is 1. The highest BCUT2D eigenvalue weighted by atomic mass is 35.5. The van der Waals surface area contributed by atoms with Crippen LogP contribution in [0.3, 0.4) is 0 Å². The Morgan fingerprint density at radius 2 is 2.04 bits per heavy atom. The van der Waals surface area contributed by atoms with Gasteiger partial charge in [-0.05, 0) is 25.0 Å². The molecule has 1 amide bonds. The highest BCUT2D eigenvalue weighted by molar-refractivity contribution is 6.31. The largest absolute Gasteiger partial charge is 0.481 e. The number of benzene rings is 1. The second-order valence-electron chi connectivity index (χ2n) is 5.40. The summed E-state index contributed by atoms with van der Waals surface area (Å²) in [4.78, 5) is 25.2. The lowest BCUT2D eigenvalue weighted by atomic mass is 10.1. The summed E-state index contributed by atoms with van der Waals surface area (Å²) in [7, 11) is 0. The molecule has 1 aromatic carbocycles. The third kappa shape index (κ3) is 7.01. The van der Waals surface area contributed by atoms with Crippen molar-refractivity contribution >= 4 is 23.5 Å². The van der Waals surface area contributed by atoms with E-state index in [0.29, 0.717) is 31.2 Å². The van der Waals surface area contributed by atoms with Crippen LogP contribution in [0.25, 0.3) is 0 Å². The molecule has 0 aliphatic rings. The second-order valence-corrected chi connectivity index (χ2v) is 5.80. The fourth-order valence-electron chi connectivity index (χ4n) is 2.14. The van der Waals surface area contributed by atoms with Crippen LogP contribution in [0, 0.1) is 5.92 Å². The molecule has 5 nitrogen and oxygen atoms in total. The Kier molecular flexibility index (Phi) is 8.66. The molecule has 1 N–H and O–H groups in total. The minimum atomic E-state index is -0.912. The summed E-state index contributed by atoms with van der Waals surface area (Å²) in [5.41, 5.74) is 0.747. The molecule has 0 aromatic heterocycles. The molecular weight excluding hydrogens is 318 g/mol. The molecule has 0 spiro atoms. The van der Waals surface area contributed by atoms with E-state index in [-0.39, 0.29) is 18.9 Å². The molecule has 1 atom stereocenters. The first-order valence-corrected chi connectivity index (χ1v) is 8.15. The number of ether oxygens (including phenoxy) is 1.